The third kappa shape index (κ3) is 2.05. The van der Waals surface area contributed by atoms with Crippen LogP contribution in [0.5, 0.6) is 0 Å². The molecule has 0 fully saturated rings. The van der Waals surface area contributed by atoms with Crippen LogP contribution >= 0.6 is 11.6 Å². The van der Waals surface area contributed by atoms with Crippen LogP contribution in [0.3, 0.4) is 0 Å². The Hall–Kier alpha value is -0.930. The molecule has 0 amide bonds. The van der Waals surface area contributed by atoms with Gasteiger partial charge in [-0.1, -0.05) is 6.08 Å². The summed E-state index contributed by atoms with van der Waals surface area (Å²) in [5.74, 6) is 0. The van der Waals surface area contributed by atoms with Gasteiger partial charge in [0.05, 0.1) is 18.9 Å². The second-order valence-electron chi connectivity index (χ2n) is 2.77. The van der Waals surface area contributed by atoms with Gasteiger partial charge >= 0.3 is 0 Å². The lowest BCUT2D eigenvalue weighted by Gasteiger charge is -2.12. The number of hydrogen-bond acceptors (Lipinski definition) is 3. The lowest BCUT2D eigenvalue weighted by molar-refractivity contribution is 0.161. The van der Waals surface area contributed by atoms with E-state index in [2.05, 4.69) is 9.97 Å². The molecule has 3 nitrogen and oxygen atoms in total. The molecule has 1 aliphatic heterocycles. The molecule has 1 aromatic heterocycles. The molecular formula is C9H9ClN2O. The molecule has 0 unspecified atom stereocenters. The molecule has 0 saturated carbocycles. The Labute approximate surface area is 81.4 Å². The number of aromatic nitrogens is 2. The van der Waals surface area contributed by atoms with Crippen molar-refractivity contribution in [3.8, 4) is 0 Å². The Morgan fingerprint density at radius 1 is 1.46 bits per heavy atom. The molecular weight excluding hydrogens is 188 g/mol. The van der Waals surface area contributed by atoms with Crippen LogP contribution in [0.15, 0.2) is 18.3 Å². The van der Waals surface area contributed by atoms with Gasteiger partial charge in [0, 0.05) is 6.20 Å². The number of nitrogens with zero attached hydrogens (tertiary/aromatic N) is 2. The number of ether oxygens (including phenoxy) is 1. The van der Waals surface area contributed by atoms with E-state index in [9.17, 15) is 0 Å². The summed E-state index contributed by atoms with van der Waals surface area (Å²) >= 11 is 5.68. The fraction of sp³-hybridized carbons (Fsp3) is 0.333. The van der Waals surface area contributed by atoms with E-state index in [4.69, 9.17) is 16.3 Å². The van der Waals surface area contributed by atoms with Gasteiger partial charge in [-0.3, -0.25) is 0 Å². The highest BCUT2D eigenvalue weighted by Crippen LogP contribution is 2.19. The molecule has 0 bridgehead atoms. The van der Waals surface area contributed by atoms with Gasteiger partial charge in [-0.15, -0.1) is 0 Å². The first-order chi connectivity index (χ1) is 6.36. The first-order valence-corrected chi connectivity index (χ1v) is 4.50. The zero-order valence-corrected chi connectivity index (χ0v) is 7.79. The van der Waals surface area contributed by atoms with Crippen molar-refractivity contribution in [3.05, 3.63) is 29.3 Å². The summed E-state index contributed by atoms with van der Waals surface area (Å²) in [5.41, 5.74) is 2.10. The van der Waals surface area contributed by atoms with Gasteiger partial charge in [-0.25, -0.2) is 9.97 Å². The molecule has 0 atom stereocenters. The Kier molecular flexibility index (Phi) is 2.57. The molecule has 0 saturated heterocycles. The Morgan fingerprint density at radius 2 is 2.38 bits per heavy atom. The van der Waals surface area contributed by atoms with E-state index in [-0.39, 0.29) is 0 Å². The van der Waals surface area contributed by atoms with Crippen molar-refractivity contribution in [2.75, 3.05) is 13.2 Å². The third-order valence-electron chi connectivity index (χ3n) is 1.92. The molecule has 4 heteroatoms. The zero-order chi connectivity index (χ0) is 9.10. The van der Waals surface area contributed by atoms with Gasteiger partial charge in [0.15, 0.2) is 0 Å². The van der Waals surface area contributed by atoms with Crippen LogP contribution < -0.4 is 0 Å². The zero-order valence-electron chi connectivity index (χ0n) is 7.03. The maximum atomic E-state index is 5.68. The summed E-state index contributed by atoms with van der Waals surface area (Å²) in [7, 11) is 0. The molecule has 0 radical (unpaired) electrons. The van der Waals surface area contributed by atoms with Gasteiger partial charge in [0.2, 0.25) is 5.28 Å². The third-order valence-corrected chi connectivity index (χ3v) is 2.10. The Morgan fingerprint density at radius 3 is 3.08 bits per heavy atom. The SMILES string of the molecule is Clc1nccc(C2=CCOCC2)n1. The van der Waals surface area contributed by atoms with E-state index in [1.165, 1.54) is 5.57 Å². The normalized spacial score (nSPS) is 16.8. The van der Waals surface area contributed by atoms with Gasteiger partial charge < -0.3 is 4.74 Å². The molecule has 0 spiro atoms. The molecule has 13 heavy (non-hydrogen) atoms. The first kappa shape index (κ1) is 8.66. The van der Waals surface area contributed by atoms with Crippen molar-refractivity contribution in [2.45, 2.75) is 6.42 Å². The second-order valence-corrected chi connectivity index (χ2v) is 3.10. The van der Waals surface area contributed by atoms with E-state index < -0.39 is 0 Å². The summed E-state index contributed by atoms with van der Waals surface area (Å²) < 4.78 is 5.20. The van der Waals surface area contributed by atoms with Gasteiger partial charge in [-0.2, -0.15) is 0 Å². The molecule has 2 heterocycles. The van der Waals surface area contributed by atoms with Crippen LogP contribution in [0.1, 0.15) is 12.1 Å². The minimum Gasteiger partial charge on any atom is -0.377 e. The topological polar surface area (TPSA) is 35.0 Å². The van der Waals surface area contributed by atoms with Crippen LogP contribution in [0.2, 0.25) is 5.28 Å². The summed E-state index contributed by atoms with van der Waals surface area (Å²) in [4.78, 5) is 7.96. The highest BCUT2D eigenvalue weighted by Gasteiger charge is 2.07. The van der Waals surface area contributed by atoms with Crippen molar-refractivity contribution in [2.24, 2.45) is 0 Å². The quantitative estimate of drug-likeness (QED) is 0.644. The first-order valence-electron chi connectivity index (χ1n) is 4.12. The monoisotopic (exact) mass is 196 g/mol. The van der Waals surface area contributed by atoms with Crippen LogP contribution in [-0.4, -0.2) is 23.2 Å². The Balaban J connectivity index is 2.29. The molecule has 1 aliphatic rings. The molecule has 2 rings (SSSR count). The van der Waals surface area contributed by atoms with E-state index in [1.54, 1.807) is 6.20 Å². The molecule has 0 N–H and O–H groups in total. The van der Waals surface area contributed by atoms with Crippen molar-refractivity contribution < 1.29 is 4.74 Å². The maximum absolute atomic E-state index is 5.68. The number of hydrogen-bond donors (Lipinski definition) is 0. The van der Waals surface area contributed by atoms with Gasteiger partial charge in [-0.05, 0) is 29.7 Å². The lowest BCUT2D eigenvalue weighted by atomic mass is 10.1. The van der Waals surface area contributed by atoms with Crippen molar-refractivity contribution in [1.82, 2.24) is 9.97 Å². The number of halogens is 1. The molecule has 68 valence electrons. The lowest BCUT2D eigenvalue weighted by Crippen LogP contribution is -2.04. The predicted molar refractivity (Wildman–Crippen MR) is 50.5 cm³/mol. The summed E-state index contributed by atoms with van der Waals surface area (Å²) in [5, 5.41) is 0.296. The fourth-order valence-electron chi connectivity index (χ4n) is 1.27. The van der Waals surface area contributed by atoms with Crippen molar-refractivity contribution >= 4 is 17.2 Å². The molecule has 0 aromatic carbocycles. The van der Waals surface area contributed by atoms with E-state index in [1.807, 2.05) is 12.1 Å². The average molecular weight is 197 g/mol. The molecule has 1 aromatic rings. The number of rotatable bonds is 1. The second kappa shape index (κ2) is 3.85. The standard InChI is InChI=1S/C9H9ClN2O/c10-9-11-4-1-8(12-9)7-2-5-13-6-3-7/h1-2,4H,3,5-6H2. The average Bonchev–Trinajstić information content (AvgIpc) is 2.19. The maximum Gasteiger partial charge on any atom is 0.222 e. The predicted octanol–water partition coefficient (Wildman–Crippen LogP) is 1.93. The highest BCUT2D eigenvalue weighted by molar-refractivity contribution is 6.28. The van der Waals surface area contributed by atoms with E-state index in [0.717, 1.165) is 18.7 Å². The largest absolute Gasteiger partial charge is 0.377 e. The minimum absolute atomic E-state index is 0.296. The van der Waals surface area contributed by atoms with Gasteiger partial charge in [0.25, 0.3) is 0 Å². The fourth-order valence-corrected chi connectivity index (χ4v) is 1.42. The smallest absolute Gasteiger partial charge is 0.222 e. The van der Waals surface area contributed by atoms with E-state index >= 15 is 0 Å². The molecule has 0 aliphatic carbocycles. The van der Waals surface area contributed by atoms with E-state index in [0.29, 0.717) is 11.9 Å². The van der Waals surface area contributed by atoms with Crippen LogP contribution in [0.4, 0.5) is 0 Å². The summed E-state index contributed by atoms with van der Waals surface area (Å²) in [6, 6.07) is 1.86. The summed E-state index contributed by atoms with van der Waals surface area (Å²) in [6.07, 6.45) is 4.59. The van der Waals surface area contributed by atoms with Crippen LogP contribution in [0.25, 0.3) is 5.57 Å². The van der Waals surface area contributed by atoms with Crippen molar-refractivity contribution in [3.63, 3.8) is 0 Å². The van der Waals surface area contributed by atoms with Crippen LogP contribution in [-0.2, 0) is 4.74 Å². The Bertz CT molecular complexity index is 338. The van der Waals surface area contributed by atoms with Gasteiger partial charge in [0.1, 0.15) is 0 Å². The summed E-state index contributed by atoms with van der Waals surface area (Å²) in [6.45, 7) is 1.42. The van der Waals surface area contributed by atoms with Crippen LogP contribution in [0, 0.1) is 0 Å². The minimum atomic E-state index is 0.296. The highest BCUT2D eigenvalue weighted by atomic mass is 35.5. The van der Waals surface area contributed by atoms with Crippen molar-refractivity contribution in [1.29, 1.82) is 0 Å².